The van der Waals surface area contributed by atoms with Crippen LogP contribution in [0.5, 0.6) is 0 Å². The monoisotopic (exact) mass is 580 g/mol. The van der Waals surface area contributed by atoms with Crippen molar-refractivity contribution in [3.63, 3.8) is 0 Å². The third-order valence-corrected chi connectivity index (χ3v) is 9.75. The van der Waals surface area contributed by atoms with Crippen molar-refractivity contribution in [1.29, 1.82) is 0 Å². The highest BCUT2D eigenvalue weighted by Gasteiger charge is 2.45. The Morgan fingerprint density at radius 2 is 1.83 bits per heavy atom. The smallest absolute Gasteiger partial charge is 0.376 e. The van der Waals surface area contributed by atoms with E-state index in [-0.39, 0.29) is 29.6 Å². The molecule has 1 amide bonds. The molecule has 1 aromatic heterocycles. The van der Waals surface area contributed by atoms with Crippen molar-refractivity contribution in [3.8, 4) is 0 Å². The van der Waals surface area contributed by atoms with Gasteiger partial charge in [0.05, 0.1) is 28.8 Å². The van der Waals surface area contributed by atoms with Gasteiger partial charge in [0.25, 0.3) is 5.91 Å². The zero-order valence-corrected chi connectivity index (χ0v) is 24.5. The standard InChI is InChI=1S/C33H39F3N4O2/c1-4-42-29-20-23-19-24(33(34,35)36)9-10-25(23)30(29)40-18-17-39(21-22(40)2)32(3)12-15-38(16-13-32)31(41)27-11-14-37-28-8-6-5-7-26(27)28/h5-11,14,19,22,29-30H,4,12-13,15-18,20-21H2,1-3H3/t22-,29-,30+/m0/s1. The maximum Gasteiger partial charge on any atom is 0.416 e. The van der Waals surface area contributed by atoms with Gasteiger partial charge in [-0.15, -0.1) is 0 Å². The van der Waals surface area contributed by atoms with E-state index in [1.165, 1.54) is 12.1 Å². The van der Waals surface area contributed by atoms with Crippen molar-refractivity contribution in [2.45, 2.75) is 69.9 Å². The highest BCUT2D eigenvalue weighted by molar-refractivity contribution is 6.06. The molecule has 1 aliphatic carbocycles. The number of benzene rings is 2. The summed E-state index contributed by atoms with van der Waals surface area (Å²) in [5, 5.41) is 0.886. The molecule has 3 aromatic rings. The molecule has 3 aliphatic rings. The molecular weight excluding hydrogens is 541 g/mol. The van der Waals surface area contributed by atoms with Gasteiger partial charge in [0, 0.05) is 68.9 Å². The van der Waals surface area contributed by atoms with E-state index in [4.69, 9.17) is 4.74 Å². The van der Waals surface area contributed by atoms with Crippen molar-refractivity contribution in [1.82, 2.24) is 19.7 Å². The Labute approximate surface area is 245 Å². The van der Waals surface area contributed by atoms with Gasteiger partial charge in [-0.25, -0.2) is 0 Å². The van der Waals surface area contributed by atoms with Gasteiger partial charge >= 0.3 is 6.18 Å². The lowest BCUT2D eigenvalue weighted by Crippen LogP contribution is -2.62. The number of amides is 1. The Morgan fingerprint density at radius 3 is 2.55 bits per heavy atom. The number of ether oxygens (including phenoxy) is 1. The number of carbonyl (C=O) groups excluding carboxylic acids is 1. The number of hydrogen-bond acceptors (Lipinski definition) is 5. The molecule has 0 bridgehead atoms. The molecule has 2 aromatic carbocycles. The van der Waals surface area contributed by atoms with Gasteiger partial charge in [0.15, 0.2) is 0 Å². The average molecular weight is 581 g/mol. The van der Waals surface area contributed by atoms with Crippen LogP contribution in [0.1, 0.15) is 66.7 Å². The quantitative estimate of drug-likeness (QED) is 0.373. The zero-order valence-electron chi connectivity index (χ0n) is 24.5. The number of pyridine rings is 1. The lowest BCUT2D eigenvalue weighted by molar-refractivity contribution is -0.137. The number of likely N-dealkylation sites (tertiary alicyclic amines) is 1. The number of para-hydroxylation sites is 1. The van der Waals surface area contributed by atoms with E-state index >= 15 is 0 Å². The van der Waals surface area contributed by atoms with Crippen LogP contribution in [0.2, 0.25) is 0 Å². The Bertz CT molecular complexity index is 1450. The molecule has 3 atom stereocenters. The van der Waals surface area contributed by atoms with Crippen LogP contribution < -0.4 is 0 Å². The molecule has 2 fully saturated rings. The van der Waals surface area contributed by atoms with Gasteiger partial charge in [0.2, 0.25) is 0 Å². The minimum atomic E-state index is -4.35. The lowest BCUT2D eigenvalue weighted by atomic mass is 9.86. The van der Waals surface area contributed by atoms with E-state index in [2.05, 4.69) is 28.6 Å². The molecule has 42 heavy (non-hydrogen) atoms. The Kier molecular flexibility index (Phi) is 7.79. The summed E-state index contributed by atoms with van der Waals surface area (Å²) in [5.74, 6) is 0.0596. The second kappa shape index (κ2) is 11.2. The minimum Gasteiger partial charge on any atom is -0.376 e. The minimum absolute atomic E-state index is 0.0219. The maximum atomic E-state index is 13.5. The summed E-state index contributed by atoms with van der Waals surface area (Å²) in [6, 6.07) is 13.9. The van der Waals surface area contributed by atoms with Crippen molar-refractivity contribution >= 4 is 16.8 Å². The van der Waals surface area contributed by atoms with Crippen LogP contribution in [0, 0.1) is 0 Å². The van der Waals surface area contributed by atoms with Crippen molar-refractivity contribution in [3.05, 3.63) is 77.0 Å². The largest absolute Gasteiger partial charge is 0.416 e. The molecule has 0 N–H and O–H groups in total. The highest BCUT2D eigenvalue weighted by atomic mass is 19.4. The van der Waals surface area contributed by atoms with E-state index in [1.54, 1.807) is 12.3 Å². The van der Waals surface area contributed by atoms with Gasteiger partial charge in [-0.05, 0) is 69.0 Å². The van der Waals surface area contributed by atoms with E-state index < -0.39 is 11.7 Å². The van der Waals surface area contributed by atoms with Crippen LogP contribution in [0.25, 0.3) is 10.9 Å². The van der Waals surface area contributed by atoms with Gasteiger partial charge in [-0.1, -0.05) is 24.3 Å². The number of carbonyl (C=O) groups is 1. The topological polar surface area (TPSA) is 48.9 Å². The number of piperazine rings is 1. The first-order valence-electron chi connectivity index (χ1n) is 15.0. The Morgan fingerprint density at radius 1 is 1.07 bits per heavy atom. The van der Waals surface area contributed by atoms with Crippen molar-refractivity contribution in [2.24, 2.45) is 0 Å². The third kappa shape index (κ3) is 5.31. The van der Waals surface area contributed by atoms with E-state index in [0.29, 0.717) is 31.7 Å². The molecule has 9 heteroatoms. The molecule has 2 aliphatic heterocycles. The van der Waals surface area contributed by atoms with Gasteiger partial charge in [0.1, 0.15) is 0 Å². The Balaban J connectivity index is 1.13. The van der Waals surface area contributed by atoms with Crippen molar-refractivity contribution < 1.29 is 22.7 Å². The molecule has 0 radical (unpaired) electrons. The van der Waals surface area contributed by atoms with Crippen LogP contribution in [-0.2, 0) is 17.3 Å². The maximum absolute atomic E-state index is 13.5. The SMILES string of the molecule is CCO[C@H]1Cc2cc(C(F)(F)F)ccc2[C@H]1N1CCN(C2(C)CCN(C(=O)c3ccnc4ccccc34)CC2)C[C@@H]1C. The number of halogens is 3. The second-order valence-corrected chi connectivity index (χ2v) is 12.3. The van der Waals surface area contributed by atoms with E-state index in [9.17, 15) is 18.0 Å². The first-order valence-corrected chi connectivity index (χ1v) is 15.0. The van der Waals surface area contributed by atoms with Gasteiger partial charge in [-0.2, -0.15) is 13.2 Å². The third-order valence-electron chi connectivity index (χ3n) is 9.75. The van der Waals surface area contributed by atoms with Gasteiger partial charge < -0.3 is 9.64 Å². The fourth-order valence-electron chi connectivity index (χ4n) is 7.37. The summed E-state index contributed by atoms with van der Waals surface area (Å²) in [5.41, 5.74) is 2.62. The van der Waals surface area contributed by atoms with E-state index in [1.807, 2.05) is 42.2 Å². The first-order chi connectivity index (χ1) is 20.1. The normalized spacial score (nSPS) is 25.1. The van der Waals surface area contributed by atoms with Crippen LogP contribution >= 0.6 is 0 Å². The van der Waals surface area contributed by atoms with Crippen LogP contribution in [0.4, 0.5) is 13.2 Å². The van der Waals surface area contributed by atoms with Crippen LogP contribution in [0.15, 0.2) is 54.7 Å². The number of rotatable bonds is 5. The molecule has 6 rings (SSSR count). The fraction of sp³-hybridized carbons (Fsp3) is 0.515. The number of hydrogen-bond donors (Lipinski definition) is 0. The predicted molar refractivity (Wildman–Crippen MR) is 156 cm³/mol. The lowest BCUT2D eigenvalue weighted by Gasteiger charge is -2.53. The number of aromatic nitrogens is 1. The summed E-state index contributed by atoms with van der Waals surface area (Å²) in [6.07, 6.45) is -0.519. The van der Waals surface area contributed by atoms with Gasteiger partial charge in [-0.3, -0.25) is 19.6 Å². The van der Waals surface area contributed by atoms with Crippen molar-refractivity contribution in [2.75, 3.05) is 39.3 Å². The highest BCUT2D eigenvalue weighted by Crippen LogP contribution is 2.43. The summed E-state index contributed by atoms with van der Waals surface area (Å²) < 4.78 is 46.4. The molecule has 3 heterocycles. The summed E-state index contributed by atoms with van der Waals surface area (Å²) in [4.78, 5) is 24.9. The van der Waals surface area contributed by atoms with Crippen LogP contribution in [0.3, 0.4) is 0 Å². The summed E-state index contributed by atoms with van der Waals surface area (Å²) in [7, 11) is 0. The fourth-order valence-corrected chi connectivity index (χ4v) is 7.37. The van der Waals surface area contributed by atoms with E-state index in [0.717, 1.165) is 54.5 Å². The first kappa shape index (κ1) is 29.1. The molecule has 224 valence electrons. The van der Waals surface area contributed by atoms with Crippen LogP contribution in [-0.4, -0.2) is 82.6 Å². The number of alkyl halides is 3. The number of piperidine rings is 1. The number of fused-ring (bicyclic) bond motifs is 2. The molecule has 0 unspecified atom stereocenters. The summed E-state index contributed by atoms with van der Waals surface area (Å²) in [6.45, 7) is 10.9. The summed E-state index contributed by atoms with van der Waals surface area (Å²) >= 11 is 0. The predicted octanol–water partition coefficient (Wildman–Crippen LogP) is 5.96. The molecule has 2 saturated heterocycles. The average Bonchev–Trinajstić information content (AvgIpc) is 3.33. The number of nitrogens with zero attached hydrogens (tertiary/aromatic N) is 4. The molecule has 0 saturated carbocycles. The second-order valence-electron chi connectivity index (χ2n) is 12.3. The molecule has 6 nitrogen and oxygen atoms in total. The molecule has 0 spiro atoms. The molecular formula is C33H39F3N4O2. The Hall–Kier alpha value is -3.01. The zero-order chi connectivity index (χ0) is 29.6.